The van der Waals surface area contributed by atoms with Gasteiger partial charge in [-0.3, -0.25) is 9.59 Å². The Labute approximate surface area is 180 Å². The molecule has 3 rings (SSSR count). The lowest BCUT2D eigenvalue weighted by atomic mass is 9.92. The quantitative estimate of drug-likeness (QED) is 0.415. The van der Waals surface area contributed by atoms with E-state index in [1.807, 2.05) is 38.1 Å². The fraction of sp³-hybridized carbons (Fsp3) is 0.304. The predicted octanol–water partition coefficient (Wildman–Crippen LogP) is 4.50. The summed E-state index contributed by atoms with van der Waals surface area (Å²) >= 11 is 6.25. The number of carbonyl (C=O) groups excluding carboxylic acids is 2. The smallest absolute Gasteiger partial charge is 0.295 e. The number of nitrogens with zero attached hydrogens (tertiary/aromatic N) is 1. The van der Waals surface area contributed by atoms with Crippen LogP contribution in [0.25, 0.3) is 5.76 Å². The van der Waals surface area contributed by atoms with Crippen molar-refractivity contribution in [3.05, 3.63) is 63.7 Å². The van der Waals surface area contributed by atoms with E-state index in [0.717, 1.165) is 11.1 Å². The molecule has 0 radical (unpaired) electrons. The molecule has 2 aromatic rings. The Morgan fingerprint density at radius 2 is 1.80 bits per heavy atom. The summed E-state index contributed by atoms with van der Waals surface area (Å²) in [5.74, 6) is -1.05. The minimum absolute atomic E-state index is 0.0160. The van der Waals surface area contributed by atoms with E-state index in [2.05, 4.69) is 0 Å². The maximum absolute atomic E-state index is 13.0. The molecule has 1 aliphatic heterocycles. The Kier molecular flexibility index (Phi) is 6.37. The van der Waals surface area contributed by atoms with Crippen LogP contribution in [0.4, 0.5) is 0 Å². The van der Waals surface area contributed by atoms with Crippen LogP contribution in [0.1, 0.15) is 36.1 Å². The van der Waals surface area contributed by atoms with E-state index in [4.69, 9.17) is 21.1 Å². The van der Waals surface area contributed by atoms with E-state index >= 15 is 0 Å². The van der Waals surface area contributed by atoms with Crippen molar-refractivity contribution in [3.63, 3.8) is 0 Å². The molecule has 1 N–H and O–H groups in total. The number of ether oxygens (including phenoxy) is 2. The zero-order chi connectivity index (χ0) is 22.0. The topological polar surface area (TPSA) is 76.1 Å². The van der Waals surface area contributed by atoms with Crippen LogP contribution in [0.3, 0.4) is 0 Å². The third-order valence-corrected chi connectivity index (χ3v) is 5.51. The molecule has 2 aromatic carbocycles. The summed E-state index contributed by atoms with van der Waals surface area (Å²) in [7, 11) is 2.91. The molecule has 0 bridgehead atoms. The third kappa shape index (κ3) is 3.63. The number of amides is 1. The summed E-state index contributed by atoms with van der Waals surface area (Å²) in [5.41, 5.74) is 1.93. The number of aliphatic hydroxyl groups is 1. The predicted molar refractivity (Wildman–Crippen MR) is 115 cm³/mol. The van der Waals surface area contributed by atoms with Gasteiger partial charge in [0.1, 0.15) is 17.3 Å². The molecule has 7 heteroatoms. The van der Waals surface area contributed by atoms with Gasteiger partial charge in [-0.15, -0.1) is 0 Å². The lowest BCUT2D eigenvalue weighted by molar-refractivity contribution is -0.139. The third-order valence-electron chi connectivity index (χ3n) is 5.22. The number of aliphatic hydroxyl groups excluding tert-OH is 1. The summed E-state index contributed by atoms with van der Waals surface area (Å²) < 4.78 is 10.6. The molecule has 1 aliphatic rings. The number of Topliss-reactive ketones (excluding diaryl/α,β-unsaturated/α-hetero) is 1. The molecule has 0 aromatic heterocycles. The molecular weight excluding hydrogens is 406 g/mol. The molecule has 1 fully saturated rings. The monoisotopic (exact) mass is 429 g/mol. The van der Waals surface area contributed by atoms with Crippen LogP contribution in [0.5, 0.6) is 11.5 Å². The molecule has 0 saturated carbocycles. The van der Waals surface area contributed by atoms with Gasteiger partial charge in [0.15, 0.2) is 0 Å². The van der Waals surface area contributed by atoms with Gasteiger partial charge in [0.05, 0.1) is 36.4 Å². The second kappa shape index (κ2) is 8.79. The number of aryl methyl sites for hydroxylation is 1. The van der Waals surface area contributed by atoms with Crippen molar-refractivity contribution < 1.29 is 24.2 Å². The maximum atomic E-state index is 13.0. The molecule has 1 amide bonds. The van der Waals surface area contributed by atoms with Gasteiger partial charge in [-0.25, -0.2) is 0 Å². The number of carbonyl (C=O) groups is 2. The molecule has 1 unspecified atom stereocenters. The van der Waals surface area contributed by atoms with Gasteiger partial charge in [0.2, 0.25) is 0 Å². The molecule has 0 spiro atoms. The summed E-state index contributed by atoms with van der Waals surface area (Å²) in [5, 5.41) is 11.5. The highest BCUT2D eigenvalue weighted by molar-refractivity contribution is 6.46. The number of methoxy groups -OCH3 is 2. The first-order valence-corrected chi connectivity index (χ1v) is 9.99. The van der Waals surface area contributed by atoms with Gasteiger partial charge in [-0.05, 0) is 30.5 Å². The number of likely N-dealkylation sites (tertiary alicyclic amines) is 1. The van der Waals surface area contributed by atoms with E-state index in [1.165, 1.54) is 31.3 Å². The van der Waals surface area contributed by atoms with Crippen molar-refractivity contribution in [1.82, 2.24) is 4.90 Å². The second-order valence-corrected chi connectivity index (χ2v) is 7.44. The van der Waals surface area contributed by atoms with Gasteiger partial charge in [-0.1, -0.05) is 42.8 Å². The van der Waals surface area contributed by atoms with Crippen LogP contribution in [0, 0.1) is 6.92 Å². The highest BCUT2D eigenvalue weighted by Crippen LogP contribution is 2.43. The molecular formula is C23H24ClNO5. The second-order valence-electron chi connectivity index (χ2n) is 7.04. The number of benzene rings is 2. The van der Waals surface area contributed by atoms with Crippen LogP contribution in [0.2, 0.25) is 5.02 Å². The standard InChI is InChI=1S/C23H24ClNO5/c1-5-10-25-20(14-9-7-6-8-13(14)2)19(22(27)23(25)28)21(26)15-11-16(24)18(30-4)12-17(15)29-3/h6-9,11-12,20,26H,5,10H2,1-4H3/b21-19+. The molecule has 1 saturated heterocycles. The SMILES string of the molecule is CCCN1C(=O)C(=O)/C(=C(/O)c2cc(Cl)c(OC)cc2OC)C1c1ccccc1C. The Balaban J connectivity index is 2.29. The average molecular weight is 430 g/mol. The van der Waals surface area contributed by atoms with Gasteiger partial charge >= 0.3 is 0 Å². The number of hydrogen-bond acceptors (Lipinski definition) is 5. The lowest BCUT2D eigenvalue weighted by Gasteiger charge is -2.26. The maximum Gasteiger partial charge on any atom is 0.295 e. The Bertz CT molecular complexity index is 1030. The van der Waals surface area contributed by atoms with Crippen molar-refractivity contribution in [1.29, 1.82) is 0 Å². The van der Waals surface area contributed by atoms with Crippen molar-refractivity contribution in [2.24, 2.45) is 0 Å². The van der Waals surface area contributed by atoms with Crippen molar-refractivity contribution >= 4 is 29.1 Å². The number of halogens is 1. The van der Waals surface area contributed by atoms with Gasteiger partial charge in [0, 0.05) is 12.6 Å². The van der Waals surface area contributed by atoms with Crippen LogP contribution in [0.15, 0.2) is 42.0 Å². The van der Waals surface area contributed by atoms with E-state index in [9.17, 15) is 14.7 Å². The molecule has 30 heavy (non-hydrogen) atoms. The van der Waals surface area contributed by atoms with E-state index in [1.54, 1.807) is 0 Å². The minimum atomic E-state index is -0.733. The van der Waals surface area contributed by atoms with Gasteiger partial charge < -0.3 is 19.5 Å². The van der Waals surface area contributed by atoms with E-state index in [-0.39, 0.29) is 27.7 Å². The van der Waals surface area contributed by atoms with Crippen molar-refractivity contribution in [3.8, 4) is 11.5 Å². The number of ketones is 1. The summed E-state index contributed by atoms with van der Waals surface area (Å²) in [4.78, 5) is 27.3. The average Bonchev–Trinajstić information content (AvgIpc) is 2.98. The zero-order valence-corrected chi connectivity index (χ0v) is 18.1. The molecule has 6 nitrogen and oxygen atoms in total. The molecule has 1 atom stereocenters. The minimum Gasteiger partial charge on any atom is -0.507 e. The van der Waals surface area contributed by atoms with E-state index in [0.29, 0.717) is 18.7 Å². The first kappa shape index (κ1) is 21.7. The Morgan fingerprint density at radius 3 is 2.40 bits per heavy atom. The lowest BCUT2D eigenvalue weighted by Crippen LogP contribution is -2.30. The summed E-state index contributed by atoms with van der Waals surface area (Å²) in [6, 6.07) is 9.80. The fourth-order valence-electron chi connectivity index (χ4n) is 3.76. The molecule has 0 aliphatic carbocycles. The number of rotatable bonds is 6. The highest BCUT2D eigenvalue weighted by atomic mass is 35.5. The van der Waals surface area contributed by atoms with E-state index < -0.39 is 17.7 Å². The molecule has 1 heterocycles. The number of hydrogen-bond donors (Lipinski definition) is 1. The highest BCUT2D eigenvalue weighted by Gasteiger charge is 2.46. The fourth-order valence-corrected chi connectivity index (χ4v) is 4.00. The van der Waals surface area contributed by atoms with Crippen molar-refractivity contribution in [2.45, 2.75) is 26.3 Å². The van der Waals surface area contributed by atoms with Crippen LogP contribution in [-0.2, 0) is 9.59 Å². The Morgan fingerprint density at radius 1 is 1.13 bits per heavy atom. The van der Waals surface area contributed by atoms with Crippen LogP contribution in [-0.4, -0.2) is 42.5 Å². The van der Waals surface area contributed by atoms with Gasteiger partial charge in [-0.2, -0.15) is 0 Å². The largest absolute Gasteiger partial charge is 0.507 e. The van der Waals surface area contributed by atoms with Gasteiger partial charge in [0.25, 0.3) is 11.7 Å². The summed E-state index contributed by atoms with van der Waals surface area (Å²) in [6.45, 7) is 4.23. The Hall–Kier alpha value is -2.99. The van der Waals surface area contributed by atoms with Crippen LogP contribution >= 0.6 is 11.6 Å². The summed E-state index contributed by atoms with van der Waals surface area (Å²) in [6.07, 6.45) is 0.674. The molecule has 158 valence electrons. The first-order chi connectivity index (χ1) is 14.3. The van der Waals surface area contributed by atoms with Crippen LogP contribution < -0.4 is 9.47 Å². The van der Waals surface area contributed by atoms with Crippen molar-refractivity contribution in [2.75, 3.05) is 20.8 Å². The normalized spacial score (nSPS) is 18.0. The first-order valence-electron chi connectivity index (χ1n) is 9.61. The zero-order valence-electron chi connectivity index (χ0n) is 17.4.